The van der Waals surface area contributed by atoms with Gasteiger partial charge in [0.15, 0.2) is 10.8 Å². The van der Waals surface area contributed by atoms with E-state index in [0.717, 1.165) is 37.9 Å². The fourth-order valence-corrected chi connectivity index (χ4v) is 3.52. The summed E-state index contributed by atoms with van der Waals surface area (Å²) in [7, 11) is 1.38. The molecule has 3 rings (SSSR count). The van der Waals surface area contributed by atoms with Crippen LogP contribution in [0.2, 0.25) is 0 Å². The van der Waals surface area contributed by atoms with Gasteiger partial charge in [-0.2, -0.15) is 0 Å². The molecular weight excluding hydrogens is 324 g/mol. The molecule has 6 nitrogen and oxygen atoms in total. The number of carbonyl (C=O) groups excluding carboxylic acids is 1. The average molecular weight is 342 g/mol. The van der Waals surface area contributed by atoms with Crippen LogP contribution in [-0.4, -0.2) is 49.1 Å². The first-order valence-corrected chi connectivity index (χ1v) is 8.49. The molecular formula is C17H18N4O2S. The maximum atomic E-state index is 11.5. The van der Waals surface area contributed by atoms with Gasteiger partial charge in [0.25, 0.3) is 0 Å². The number of aromatic nitrogens is 1. The third-order valence-corrected chi connectivity index (χ3v) is 5.03. The van der Waals surface area contributed by atoms with E-state index in [1.54, 1.807) is 6.20 Å². The highest BCUT2D eigenvalue weighted by atomic mass is 32.1. The predicted octanol–water partition coefficient (Wildman–Crippen LogP) is 2.80. The van der Waals surface area contributed by atoms with Gasteiger partial charge in [0, 0.05) is 32.7 Å². The summed E-state index contributed by atoms with van der Waals surface area (Å²) in [4.78, 5) is 24.4. The Labute approximate surface area is 145 Å². The molecule has 0 atom stereocenters. The van der Waals surface area contributed by atoms with Crippen molar-refractivity contribution in [1.29, 1.82) is 0 Å². The van der Waals surface area contributed by atoms with E-state index in [2.05, 4.69) is 19.6 Å². The Bertz CT molecular complexity index is 743. The van der Waals surface area contributed by atoms with Gasteiger partial charge in [0.2, 0.25) is 0 Å². The number of hydrogen-bond acceptors (Lipinski definition) is 6. The predicted molar refractivity (Wildman–Crippen MR) is 93.6 cm³/mol. The van der Waals surface area contributed by atoms with Gasteiger partial charge in [-0.1, -0.05) is 35.6 Å². The number of methoxy groups -OCH3 is 1. The summed E-state index contributed by atoms with van der Waals surface area (Å²) in [6.07, 6.45) is 1.58. The third kappa shape index (κ3) is 3.72. The van der Waals surface area contributed by atoms with E-state index in [9.17, 15) is 4.79 Å². The third-order valence-electron chi connectivity index (χ3n) is 3.99. The van der Waals surface area contributed by atoms with Crippen LogP contribution in [-0.2, 0) is 11.3 Å². The van der Waals surface area contributed by atoms with Crippen LogP contribution >= 0.6 is 11.3 Å². The molecule has 1 aliphatic rings. The fraction of sp³-hybridized carbons (Fsp3) is 0.353. The standard InChI is InChI=1S/C17H18N4O2S/c1-18-14-5-3-13(4-6-14)12-20-7-9-21(10-8-20)17-19-11-15(24-17)16(22)23-2/h3-6,11H,7-10,12H2,2H3. The molecule has 0 bridgehead atoms. The number of ether oxygens (including phenoxy) is 1. The van der Waals surface area contributed by atoms with Gasteiger partial charge in [-0.25, -0.2) is 14.6 Å². The molecule has 24 heavy (non-hydrogen) atoms. The number of benzene rings is 1. The molecule has 0 aliphatic carbocycles. The average Bonchev–Trinajstić information content (AvgIpc) is 3.12. The lowest BCUT2D eigenvalue weighted by Crippen LogP contribution is -2.45. The largest absolute Gasteiger partial charge is 0.465 e. The zero-order valence-corrected chi connectivity index (χ0v) is 14.3. The van der Waals surface area contributed by atoms with Crippen LogP contribution in [0.3, 0.4) is 0 Å². The number of hydrogen-bond donors (Lipinski definition) is 0. The van der Waals surface area contributed by atoms with Crippen molar-refractivity contribution in [3.05, 3.63) is 52.3 Å². The monoisotopic (exact) mass is 342 g/mol. The highest BCUT2D eigenvalue weighted by molar-refractivity contribution is 7.17. The van der Waals surface area contributed by atoms with Gasteiger partial charge >= 0.3 is 5.97 Å². The summed E-state index contributed by atoms with van der Waals surface area (Å²) in [5.74, 6) is -0.333. The second kappa shape index (κ2) is 7.43. The fourth-order valence-electron chi connectivity index (χ4n) is 2.64. The van der Waals surface area contributed by atoms with E-state index in [4.69, 9.17) is 11.3 Å². The lowest BCUT2D eigenvalue weighted by atomic mass is 10.2. The van der Waals surface area contributed by atoms with Crippen molar-refractivity contribution in [2.75, 3.05) is 38.2 Å². The number of nitrogens with zero attached hydrogens (tertiary/aromatic N) is 4. The molecule has 1 aromatic carbocycles. The van der Waals surface area contributed by atoms with E-state index in [0.29, 0.717) is 10.6 Å². The molecule has 7 heteroatoms. The van der Waals surface area contributed by atoms with Crippen molar-refractivity contribution in [1.82, 2.24) is 9.88 Å². The van der Waals surface area contributed by atoms with Crippen LogP contribution in [0.4, 0.5) is 10.8 Å². The van der Waals surface area contributed by atoms with Crippen LogP contribution in [0.25, 0.3) is 4.85 Å². The molecule has 1 fully saturated rings. The summed E-state index contributed by atoms with van der Waals surface area (Å²) in [6.45, 7) is 11.5. The van der Waals surface area contributed by atoms with Gasteiger partial charge in [0.1, 0.15) is 4.88 Å². The minimum absolute atomic E-state index is 0.333. The molecule has 2 heterocycles. The maximum Gasteiger partial charge on any atom is 0.349 e. The molecule has 0 saturated carbocycles. The Kier molecular flexibility index (Phi) is 5.08. The Morgan fingerprint density at radius 1 is 1.29 bits per heavy atom. The normalized spacial score (nSPS) is 15.1. The minimum Gasteiger partial charge on any atom is -0.465 e. The second-order valence-electron chi connectivity index (χ2n) is 5.54. The quantitative estimate of drug-likeness (QED) is 0.632. The molecule has 2 aromatic rings. The van der Waals surface area contributed by atoms with Crippen molar-refractivity contribution in [3.63, 3.8) is 0 Å². The van der Waals surface area contributed by atoms with Crippen molar-refractivity contribution in [2.45, 2.75) is 6.54 Å². The molecule has 124 valence electrons. The molecule has 0 amide bonds. The summed E-state index contributed by atoms with van der Waals surface area (Å²) in [5, 5.41) is 0.872. The number of rotatable bonds is 4. The zero-order chi connectivity index (χ0) is 16.9. The lowest BCUT2D eigenvalue weighted by Gasteiger charge is -2.34. The second-order valence-corrected chi connectivity index (χ2v) is 6.55. The molecule has 1 saturated heterocycles. The first-order chi connectivity index (χ1) is 11.7. The maximum absolute atomic E-state index is 11.5. The summed E-state index contributed by atoms with van der Waals surface area (Å²) < 4.78 is 4.72. The van der Waals surface area contributed by atoms with Crippen LogP contribution < -0.4 is 4.90 Å². The molecule has 0 unspecified atom stereocenters. The highest BCUT2D eigenvalue weighted by Crippen LogP contribution is 2.24. The Hall–Kier alpha value is -2.43. The Balaban J connectivity index is 1.54. The van der Waals surface area contributed by atoms with Crippen molar-refractivity contribution in [2.24, 2.45) is 0 Å². The van der Waals surface area contributed by atoms with Gasteiger partial charge < -0.3 is 9.64 Å². The number of carbonyl (C=O) groups is 1. The van der Waals surface area contributed by atoms with Crippen LogP contribution in [0, 0.1) is 6.57 Å². The van der Waals surface area contributed by atoms with Gasteiger partial charge in [-0.05, 0) is 5.56 Å². The van der Waals surface area contributed by atoms with E-state index in [-0.39, 0.29) is 5.97 Å². The van der Waals surface area contributed by atoms with E-state index in [1.165, 1.54) is 24.0 Å². The van der Waals surface area contributed by atoms with Gasteiger partial charge in [0.05, 0.1) is 19.9 Å². The van der Waals surface area contributed by atoms with Crippen LogP contribution in [0.5, 0.6) is 0 Å². The number of piperazine rings is 1. The van der Waals surface area contributed by atoms with Crippen LogP contribution in [0.15, 0.2) is 30.5 Å². The topological polar surface area (TPSA) is 50.0 Å². The first kappa shape index (κ1) is 16.4. The van der Waals surface area contributed by atoms with Crippen LogP contribution in [0.1, 0.15) is 15.2 Å². The zero-order valence-electron chi connectivity index (χ0n) is 13.4. The Morgan fingerprint density at radius 2 is 2.00 bits per heavy atom. The summed E-state index contributed by atoms with van der Waals surface area (Å²) in [6, 6.07) is 7.76. The van der Waals surface area contributed by atoms with Gasteiger partial charge in [-0.15, -0.1) is 0 Å². The van der Waals surface area contributed by atoms with Gasteiger partial charge in [-0.3, -0.25) is 4.90 Å². The minimum atomic E-state index is -0.333. The van der Waals surface area contributed by atoms with Crippen molar-refractivity contribution < 1.29 is 9.53 Å². The number of anilines is 1. The highest BCUT2D eigenvalue weighted by Gasteiger charge is 2.21. The van der Waals surface area contributed by atoms with Crippen molar-refractivity contribution >= 4 is 28.1 Å². The van der Waals surface area contributed by atoms with E-state index < -0.39 is 0 Å². The summed E-state index contributed by atoms with van der Waals surface area (Å²) in [5.41, 5.74) is 1.90. The first-order valence-electron chi connectivity index (χ1n) is 7.67. The van der Waals surface area contributed by atoms with Crippen molar-refractivity contribution in [3.8, 4) is 0 Å². The molecule has 1 aliphatic heterocycles. The molecule has 1 aromatic heterocycles. The van der Waals surface area contributed by atoms with E-state index in [1.807, 2.05) is 24.3 Å². The number of esters is 1. The lowest BCUT2D eigenvalue weighted by molar-refractivity contribution is 0.0606. The summed E-state index contributed by atoms with van der Waals surface area (Å²) >= 11 is 1.37. The molecule has 0 radical (unpaired) electrons. The smallest absolute Gasteiger partial charge is 0.349 e. The molecule has 0 N–H and O–H groups in total. The SMILES string of the molecule is [C-]#[N+]c1ccc(CN2CCN(c3ncc(C(=O)OC)s3)CC2)cc1. The molecule has 0 spiro atoms. The van der Waals surface area contributed by atoms with E-state index >= 15 is 0 Å². The Morgan fingerprint density at radius 3 is 2.62 bits per heavy atom. The number of thiazole rings is 1.